The van der Waals surface area contributed by atoms with E-state index in [1.54, 1.807) is 5.01 Å². The van der Waals surface area contributed by atoms with Gasteiger partial charge in [-0.1, -0.05) is 13.3 Å². The van der Waals surface area contributed by atoms with Crippen molar-refractivity contribution < 1.29 is 4.79 Å². The number of hydrazone groups is 1. The first-order chi connectivity index (χ1) is 7.20. The summed E-state index contributed by atoms with van der Waals surface area (Å²) in [5.41, 5.74) is 6.40. The van der Waals surface area contributed by atoms with Gasteiger partial charge in [-0.2, -0.15) is 5.10 Å². The van der Waals surface area contributed by atoms with Crippen LogP contribution in [0, 0.1) is 5.92 Å². The predicted octanol–water partition coefficient (Wildman–Crippen LogP) is 1.36. The molecule has 1 heterocycles. The minimum atomic E-state index is -0.00888. The molecule has 0 fully saturated rings. The lowest BCUT2D eigenvalue weighted by Gasteiger charge is -2.13. The predicted molar refractivity (Wildman–Crippen MR) is 61.5 cm³/mol. The van der Waals surface area contributed by atoms with Crippen LogP contribution in [-0.4, -0.2) is 29.7 Å². The molecule has 1 unspecified atom stereocenters. The Kier molecular flexibility index (Phi) is 4.75. The molecule has 86 valence electrons. The first-order valence-corrected chi connectivity index (χ1v) is 5.77. The Morgan fingerprint density at radius 3 is 2.80 bits per heavy atom. The molecule has 15 heavy (non-hydrogen) atoms. The Morgan fingerprint density at radius 2 is 2.20 bits per heavy atom. The van der Waals surface area contributed by atoms with Crippen LogP contribution in [0.1, 0.15) is 39.5 Å². The van der Waals surface area contributed by atoms with Crippen molar-refractivity contribution in [3.05, 3.63) is 0 Å². The van der Waals surface area contributed by atoms with E-state index < -0.39 is 0 Å². The molecule has 0 aromatic heterocycles. The first-order valence-electron chi connectivity index (χ1n) is 5.77. The number of unbranched alkanes of at least 4 members (excludes halogenated alkanes) is 1. The van der Waals surface area contributed by atoms with Crippen LogP contribution in [0.3, 0.4) is 0 Å². The topological polar surface area (TPSA) is 58.7 Å². The molecule has 0 radical (unpaired) electrons. The van der Waals surface area contributed by atoms with Crippen molar-refractivity contribution >= 4 is 11.6 Å². The van der Waals surface area contributed by atoms with Crippen molar-refractivity contribution in [3.8, 4) is 0 Å². The molecule has 4 heteroatoms. The van der Waals surface area contributed by atoms with Crippen LogP contribution >= 0.6 is 0 Å². The average Bonchev–Trinajstić information content (AvgIpc) is 2.49. The van der Waals surface area contributed by atoms with Gasteiger partial charge in [0, 0.05) is 12.3 Å². The zero-order valence-electron chi connectivity index (χ0n) is 9.70. The van der Waals surface area contributed by atoms with Crippen LogP contribution in [0.15, 0.2) is 5.10 Å². The maximum atomic E-state index is 11.9. The lowest BCUT2D eigenvalue weighted by Crippen LogP contribution is -2.28. The Balaban J connectivity index is 2.49. The van der Waals surface area contributed by atoms with Crippen molar-refractivity contribution in [1.29, 1.82) is 0 Å². The lowest BCUT2D eigenvalue weighted by molar-refractivity contribution is -0.132. The number of carbonyl (C=O) groups excluding carboxylic acids is 1. The van der Waals surface area contributed by atoms with Gasteiger partial charge in [0.15, 0.2) is 0 Å². The van der Waals surface area contributed by atoms with E-state index in [4.69, 9.17) is 5.73 Å². The van der Waals surface area contributed by atoms with Crippen LogP contribution < -0.4 is 5.73 Å². The minimum absolute atomic E-state index is 0.00888. The summed E-state index contributed by atoms with van der Waals surface area (Å²) >= 11 is 0. The molecule has 0 aliphatic carbocycles. The standard InChI is InChI=1S/C11H21N3O/c1-3-4-8-14-11(15)10(6-5-7-12)9(2)13-14/h10H,3-8,12H2,1-2H3. The summed E-state index contributed by atoms with van der Waals surface area (Å²) < 4.78 is 0. The molecule has 0 aromatic carbocycles. The molecule has 0 saturated heterocycles. The number of carbonyl (C=O) groups is 1. The summed E-state index contributed by atoms with van der Waals surface area (Å²) in [6.45, 7) is 5.45. The SMILES string of the molecule is CCCCN1N=C(C)C(CCCN)C1=O. The maximum absolute atomic E-state index is 11.9. The van der Waals surface area contributed by atoms with E-state index in [9.17, 15) is 4.79 Å². The van der Waals surface area contributed by atoms with Gasteiger partial charge in [0.1, 0.15) is 0 Å². The van der Waals surface area contributed by atoms with Gasteiger partial charge in [-0.25, -0.2) is 5.01 Å². The molecule has 0 spiro atoms. The van der Waals surface area contributed by atoms with Gasteiger partial charge in [-0.05, 0) is 32.7 Å². The first kappa shape index (κ1) is 12.2. The monoisotopic (exact) mass is 211 g/mol. The van der Waals surface area contributed by atoms with Crippen LogP contribution in [0.2, 0.25) is 0 Å². The van der Waals surface area contributed by atoms with E-state index >= 15 is 0 Å². The highest BCUT2D eigenvalue weighted by atomic mass is 16.2. The summed E-state index contributed by atoms with van der Waals surface area (Å²) in [5, 5.41) is 5.93. The molecule has 4 nitrogen and oxygen atoms in total. The van der Waals surface area contributed by atoms with Gasteiger partial charge in [0.2, 0.25) is 0 Å². The van der Waals surface area contributed by atoms with Gasteiger partial charge < -0.3 is 5.73 Å². The van der Waals surface area contributed by atoms with E-state index in [0.717, 1.165) is 37.9 Å². The highest BCUT2D eigenvalue weighted by molar-refractivity contribution is 6.06. The van der Waals surface area contributed by atoms with E-state index in [1.165, 1.54) is 0 Å². The Bertz CT molecular complexity index is 250. The van der Waals surface area contributed by atoms with Crippen molar-refractivity contribution in [2.24, 2.45) is 16.8 Å². The van der Waals surface area contributed by atoms with Crippen molar-refractivity contribution in [3.63, 3.8) is 0 Å². The molecular formula is C11H21N3O. The fraction of sp³-hybridized carbons (Fsp3) is 0.818. The molecule has 1 amide bonds. The van der Waals surface area contributed by atoms with E-state index in [-0.39, 0.29) is 11.8 Å². The number of nitrogens with zero attached hydrogens (tertiary/aromatic N) is 2. The number of hydrogen-bond acceptors (Lipinski definition) is 3. The summed E-state index contributed by atoms with van der Waals surface area (Å²) in [6, 6.07) is 0. The Morgan fingerprint density at radius 1 is 1.47 bits per heavy atom. The minimum Gasteiger partial charge on any atom is -0.330 e. The van der Waals surface area contributed by atoms with Gasteiger partial charge in [0.25, 0.3) is 5.91 Å². The normalized spacial score (nSPS) is 21.0. The zero-order chi connectivity index (χ0) is 11.3. The number of rotatable bonds is 6. The molecule has 1 aliphatic rings. The Labute approximate surface area is 91.5 Å². The van der Waals surface area contributed by atoms with Gasteiger partial charge in [-0.15, -0.1) is 0 Å². The average molecular weight is 211 g/mol. The molecular weight excluding hydrogens is 190 g/mol. The third-order valence-corrected chi connectivity index (χ3v) is 2.76. The second-order valence-electron chi connectivity index (χ2n) is 4.04. The third-order valence-electron chi connectivity index (χ3n) is 2.76. The summed E-state index contributed by atoms with van der Waals surface area (Å²) in [7, 11) is 0. The van der Waals surface area contributed by atoms with E-state index in [1.807, 2.05) is 6.92 Å². The van der Waals surface area contributed by atoms with Gasteiger partial charge in [0.05, 0.1) is 5.92 Å². The molecule has 1 rings (SSSR count). The number of hydrogen-bond donors (Lipinski definition) is 1. The van der Waals surface area contributed by atoms with Gasteiger partial charge >= 0.3 is 0 Å². The van der Waals surface area contributed by atoms with E-state index in [2.05, 4.69) is 12.0 Å². The molecule has 2 N–H and O–H groups in total. The summed E-state index contributed by atoms with van der Waals surface area (Å²) in [5.74, 6) is 0.153. The van der Waals surface area contributed by atoms with Crippen molar-refractivity contribution in [2.45, 2.75) is 39.5 Å². The second kappa shape index (κ2) is 5.85. The largest absolute Gasteiger partial charge is 0.330 e. The van der Waals surface area contributed by atoms with E-state index in [0.29, 0.717) is 6.54 Å². The van der Waals surface area contributed by atoms with Crippen LogP contribution in [0.25, 0.3) is 0 Å². The quantitative estimate of drug-likeness (QED) is 0.721. The molecule has 1 atom stereocenters. The fourth-order valence-corrected chi connectivity index (χ4v) is 1.79. The van der Waals surface area contributed by atoms with Crippen LogP contribution in [0.4, 0.5) is 0 Å². The van der Waals surface area contributed by atoms with Crippen molar-refractivity contribution in [1.82, 2.24) is 5.01 Å². The maximum Gasteiger partial charge on any atom is 0.251 e. The smallest absolute Gasteiger partial charge is 0.251 e. The Hall–Kier alpha value is -0.900. The van der Waals surface area contributed by atoms with Crippen LogP contribution in [0.5, 0.6) is 0 Å². The highest BCUT2D eigenvalue weighted by Crippen LogP contribution is 2.20. The summed E-state index contributed by atoms with van der Waals surface area (Å²) in [4.78, 5) is 11.9. The highest BCUT2D eigenvalue weighted by Gasteiger charge is 2.31. The second-order valence-corrected chi connectivity index (χ2v) is 4.04. The molecule has 0 aromatic rings. The summed E-state index contributed by atoms with van der Waals surface area (Å²) in [6.07, 6.45) is 3.84. The fourth-order valence-electron chi connectivity index (χ4n) is 1.79. The lowest BCUT2D eigenvalue weighted by atomic mass is 9.98. The zero-order valence-corrected chi connectivity index (χ0v) is 9.70. The number of nitrogens with two attached hydrogens (primary N) is 1. The molecule has 0 saturated carbocycles. The van der Waals surface area contributed by atoms with Crippen molar-refractivity contribution in [2.75, 3.05) is 13.1 Å². The molecule has 0 bridgehead atoms. The number of amides is 1. The van der Waals surface area contributed by atoms with Gasteiger partial charge in [-0.3, -0.25) is 4.79 Å². The molecule has 1 aliphatic heterocycles. The third kappa shape index (κ3) is 3.02. The van der Waals surface area contributed by atoms with Crippen LogP contribution in [-0.2, 0) is 4.79 Å².